The van der Waals surface area contributed by atoms with Crippen LogP contribution in [0.4, 0.5) is 4.39 Å². The third kappa shape index (κ3) is 4.91. The Morgan fingerprint density at radius 3 is 2.50 bits per heavy atom. The lowest BCUT2D eigenvalue weighted by molar-refractivity contribution is -0.235. The molecule has 9 nitrogen and oxygen atoms in total. The van der Waals surface area contributed by atoms with Crippen molar-refractivity contribution in [2.24, 2.45) is 17.8 Å². The molecule has 3 aliphatic carbocycles. The summed E-state index contributed by atoms with van der Waals surface area (Å²) in [5.74, 6) is 0.0219. The number of amides is 1. The fourth-order valence-electron chi connectivity index (χ4n) is 9.06. The molecule has 4 aliphatic heterocycles. The zero-order valence-corrected chi connectivity index (χ0v) is 23.6. The first-order chi connectivity index (χ1) is 19.6. The van der Waals surface area contributed by atoms with Gasteiger partial charge in [-0.15, -0.1) is 0 Å². The van der Waals surface area contributed by atoms with Crippen LogP contribution in [-0.2, 0) is 23.8 Å². The van der Waals surface area contributed by atoms with E-state index in [1.54, 1.807) is 0 Å². The van der Waals surface area contributed by atoms with E-state index < -0.39 is 12.1 Å². The number of halogens is 1. The molecule has 0 radical (unpaired) electrons. The molecule has 0 aromatic rings. The summed E-state index contributed by atoms with van der Waals surface area (Å²) in [6.45, 7) is 6.88. The highest BCUT2D eigenvalue weighted by atomic mass is 19.1. The molecule has 10 heteroatoms. The van der Waals surface area contributed by atoms with Gasteiger partial charge in [0.25, 0.3) is 5.91 Å². The number of morpholine rings is 3. The number of carbonyl (C=O) groups excluding carboxylic acids is 2. The third-order valence-electron chi connectivity index (χ3n) is 11.0. The van der Waals surface area contributed by atoms with E-state index in [0.717, 1.165) is 38.9 Å². The highest BCUT2D eigenvalue weighted by molar-refractivity contribution is 6.20. The van der Waals surface area contributed by atoms with Gasteiger partial charge < -0.3 is 24.4 Å². The van der Waals surface area contributed by atoms with Crippen LogP contribution in [0.1, 0.15) is 44.9 Å². The van der Waals surface area contributed by atoms with E-state index in [2.05, 4.69) is 20.0 Å². The average Bonchev–Trinajstić information content (AvgIpc) is 2.99. The van der Waals surface area contributed by atoms with Gasteiger partial charge in [-0.1, -0.05) is 19.3 Å². The molecule has 0 spiro atoms. The van der Waals surface area contributed by atoms with Gasteiger partial charge >= 0.3 is 0 Å². The molecule has 9 unspecified atom stereocenters. The molecular formula is C30H45FN4O5. The first kappa shape index (κ1) is 27.3. The van der Waals surface area contributed by atoms with E-state index in [1.165, 1.54) is 19.3 Å². The molecule has 4 heterocycles. The summed E-state index contributed by atoms with van der Waals surface area (Å²) in [6.07, 6.45) is 7.51. The van der Waals surface area contributed by atoms with Crippen molar-refractivity contribution in [3.05, 3.63) is 11.8 Å². The van der Waals surface area contributed by atoms with E-state index in [9.17, 15) is 9.59 Å². The second-order valence-corrected chi connectivity index (χ2v) is 13.0. The maximum Gasteiger partial charge on any atom is 0.256 e. The zero-order valence-electron chi connectivity index (χ0n) is 23.6. The summed E-state index contributed by atoms with van der Waals surface area (Å²) in [5.41, 5.74) is 0.199. The minimum absolute atomic E-state index is 0.0184. The minimum Gasteiger partial charge on any atom is -0.379 e. The maximum absolute atomic E-state index is 16.2. The Hall–Kier alpha value is -1.59. The Morgan fingerprint density at radius 1 is 0.950 bits per heavy atom. The number of ketones is 1. The summed E-state index contributed by atoms with van der Waals surface area (Å²) in [4.78, 5) is 34.1. The van der Waals surface area contributed by atoms with Gasteiger partial charge in [0, 0.05) is 51.4 Å². The molecule has 9 atom stereocenters. The predicted octanol–water partition coefficient (Wildman–Crippen LogP) is 1.37. The Kier molecular flexibility index (Phi) is 7.90. The van der Waals surface area contributed by atoms with Crippen LogP contribution in [0, 0.1) is 17.8 Å². The Morgan fingerprint density at radius 2 is 1.70 bits per heavy atom. The number of carbonyl (C=O) groups is 2. The lowest BCUT2D eigenvalue weighted by Gasteiger charge is -2.62. The number of ether oxygens (including phenoxy) is 3. The van der Waals surface area contributed by atoms with Crippen molar-refractivity contribution in [2.75, 3.05) is 65.7 Å². The number of hydrogen-bond acceptors (Lipinski definition) is 8. The van der Waals surface area contributed by atoms with Gasteiger partial charge in [0.2, 0.25) is 0 Å². The topological polar surface area (TPSA) is 83.6 Å². The normalized spacial score (nSPS) is 42.3. The molecule has 6 fully saturated rings. The Balaban J connectivity index is 1.17. The van der Waals surface area contributed by atoms with Gasteiger partial charge in [-0.3, -0.25) is 19.4 Å². The van der Waals surface area contributed by atoms with Crippen molar-refractivity contribution in [2.45, 2.75) is 81.5 Å². The van der Waals surface area contributed by atoms with Crippen LogP contribution in [0.5, 0.6) is 0 Å². The van der Waals surface area contributed by atoms with Gasteiger partial charge in [0.05, 0.1) is 62.3 Å². The van der Waals surface area contributed by atoms with Crippen LogP contribution >= 0.6 is 0 Å². The SMILES string of the molecule is O=C(NCCN1CCOCC1)C1=CN2C3CCC4CCCCC4C3OC3C(N4CCOCC4)C(F)CC(C1=O)C32. The summed E-state index contributed by atoms with van der Waals surface area (Å²) in [7, 11) is 0. The van der Waals surface area contributed by atoms with E-state index >= 15 is 4.39 Å². The van der Waals surface area contributed by atoms with Crippen LogP contribution in [0.3, 0.4) is 0 Å². The van der Waals surface area contributed by atoms with E-state index in [0.29, 0.717) is 57.9 Å². The second-order valence-electron chi connectivity index (χ2n) is 13.0. The lowest BCUT2D eigenvalue weighted by Crippen LogP contribution is -2.74. The first-order valence-electron chi connectivity index (χ1n) is 15.8. The summed E-state index contributed by atoms with van der Waals surface area (Å²) < 4.78 is 34.2. The summed E-state index contributed by atoms with van der Waals surface area (Å²) >= 11 is 0. The summed E-state index contributed by atoms with van der Waals surface area (Å²) in [5, 5.41) is 3.00. The fourth-order valence-corrected chi connectivity index (χ4v) is 9.06. The van der Waals surface area contributed by atoms with Crippen LogP contribution < -0.4 is 5.32 Å². The molecule has 0 bridgehead atoms. The Labute approximate surface area is 236 Å². The van der Waals surface area contributed by atoms with E-state index in [4.69, 9.17) is 14.2 Å². The second kappa shape index (κ2) is 11.6. The molecular weight excluding hydrogens is 515 g/mol. The average molecular weight is 561 g/mol. The highest BCUT2D eigenvalue weighted by Gasteiger charge is 2.61. The number of Topliss-reactive ketones (excluding diaryl/α,β-unsaturated/α-hetero) is 1. The number of fused-ring (bicyclic) bond motifs is 4. The first-order valence-corrected chi connectivity index (χ1v) is 15.8. The highest BCUT2D eigenvalue weighted by Crippen LogP contribution is 2.51. The number of nitrogens with one attached hydrogen (secondary N) is 1. The largest absolute Gasteiger partial charge is 0.379 e. The molecule has 3 saturated heterocycles. The maximum atomic E-state index is 16.2. The standard InChI is InChI=1S/C30H45FN4O5/c31-23-17-21-25-29(26(23)34-11-15-39-16-12-34)40-28-20-4-2-1-3-19(20)5-6-24(28)35(25)18-22(27(21)36)30(37)32-7-8-33-9-13-38-14-10-33/h18-21,23-26,28-29H,1-17H2,(H,32,37). The van der Waals surface area contributed by atoms with Gasteiger partial charge in [0.15, 0.2) is 5.78 Å². The number of hydrogen-bond donors (Lipinski definition) is 1. The quantitative estimate of drug-likeness (QED) is 0.505. The molecule has 0 aromatic heterocycles. The molecule has 1 N–H and O–H groups in total. The molecule has 7 rings (SSSR count). The summed E-state index contributed by atoms with van der Waals surface area (Å²) in [6, 6.07) is -0.477. The molecule has 0 aromatic carbocycles. The van der Waals surface area contributed by atoms with Crippen molar-refractivity contribution < 1.29 is 28.2 Å². The molecule has 40 heavy (non-hydrogen) atoms. The zero-order chi connectivity index (χ0) is 27.2. The smallest absolute Gasteiger partial charge is 0.256 e. The van der Waals surface area contributed by atoms with Gasteiger partial charge in [-0.25, -0.2) is 4.39 Å². The minimum atomic E-state index is -1.18. The van der Waals surface area contributed by atoms with Crippen molar-refractivity contribution >= 4 is 11.7 Å². The van der Waals surface area contributed by atoms with Crippen LogP contribution in [0.2, 0.25) is 0 Å². The molecule has 1 amide bonds. The molecule has 7 aliphatic rings. The van der Waals surface area contributed by atoms with Crippen LogP contribution in [0.15, 0.2) is 11.8 Å². The van der Waals surface area contributed by atoms with Crippen LogP contribution in [-0.4, -0.2) is 129 Å². The van der Waals surface area contributed by atoms with E-state index in [-0.39, 0.29) is 54.0 Å². The van der Waals surface area contributed by atoms with Crippen molar-refractivity contribution in [3.8, 4) is 0 Å². The fraction of sp³-hybridized carbons (Fsp3) is 0.867. The van der Waals surface area contributed by atoms with Gasteiger partial charge in [-0.05, 0) is 37.5 Å². The molecule has 222 valence electrons. The number of alkyl halides is 1. The van der Waals surface area contributed by atoms with E-state index in [1.807, 2.05) is 6.20 Å². The predicted molar refractivity (Wildman–Crippen MR) is 145 cm³/mol. The van der Waals surface area contributed by atoms with Crippen molar-refractivity contribution in [1.29, 1.82) is 0 Å². The van der Waals surface area contributed by atoms with Gasteiger partial charge in [-0.2, -0.15) is 0 Å². The lowest BCUT2D eigenvalue weighted by atomic mass is 9.64. The van der Waals surface area contributed by atoms with Gasteiger partial charge in [0.1, 0.15) is 6.17 Å². The number of rotatable bonds is 5. The van der Waals surface area contributed by atoms with Crippen LogP contribution in [0.25, 0.3) is 0 Å². The van der Waals surface area contributed by atoms with Crippen molar-refractivity contribution in [3.63, 3.8) is 0 Å². The Bertz CT molecular complexity index is 985. The number of nitrogens with zero attached hydrogens (tertiary/aromatic N) is 3. The third-order valence-corrected chi connectivity index (χ3v) is 11.0. The monoisotopic (exact) mass is 560 g/mol. The van der Waals surface area contributed by atoms with Crippen molar-refractivity contribution in [1.82, 2.24) is 20.0 Å². The molecule has 3 saturated carbocycles.